The van der Waals surface area contributed by atoms with Crippen molar-refractivity contribution in [3.8, 4) is 0 Å². The Balaban J connectivity index is 2.16. The minimum absolute atomic E-state index is 0.0999. The predicted octanol–water partition coefficient (Wildman–Crippen LogP) is 3.73. The molecule has 2 unspecified atom stereocenters. The van der Waals surface area contributed by atoms with Crippen molar-refractivity contribution in [1.29, 1.82) is 0 Å². The number of nitrogens with one attached hydrogen (secondary N) is 1. The van der Waals surface area contributed by atoms with Crippen molar-refractivity contribution in [2.75, 3.05) is 13.1 Å². The zero-order chi connectivity index (χ0) is 15.6. The minimum atomic E-state index is -0.137. The summed E-state index contributed by atoms with van der Waals surface area (Å²) >= 11 is 0. The first-order valence-corrected chi connectivity index (χ1v) is 8.07. The molecule has 1 saturated heterocycles. The molecule has 0 bridgehead atoms. The zero-order valence-corrected chi connectivity index (χ0v) is 14.0. The van der Waals surface area contributed by atoms with E-state index in [0.29, 0.717) is 12.0 Å². The number of rotatable bonds is 4. The molecule has 1 aromatic rings. The average Bonchev–Trinajstić information content (AvgIpc) is 2.44. The van der Waals surface area contributed by atoms with Gasteiger partial charge in [-0.05, 0) is 49.9 Å². The lowest BCUT2D eigenvalue weighted by Gasteiger charge is -2.47. The molecule has 2 atom stereocenters. The van der Waals surface area contributed by atoms with Crippen LogP contribution in [0.5, 0.6) is 0 Å². The van der Waals surface area contributed by atoms with E-state index in [1.807, 2.05) is 6.07 Å². The molecule has 0 aromatic heterocycles. The van der Waals surface area contributed by atoms with Crippen LogP contribution in [0.1, 0.15) is 45.2 Å². The monoisotopic (exact) mass is 292 g/mol. The van der Waals surface area contributed by atoms with Gasteiger partial charge in [0, 0.05) is 31.2 Å². The Morgan fingerprint density at radius 2 is 2.14 bits per heavy atom. The Morgan fingerprint density at radius 1 is 1.43 bits per heavy atom. The standard InChI is InChI=1S/C18H29FN2/c1-6-13(2)17-11-21(18(4,5)12-20-17)10-15-9-16(19)8-7-14(15)3/h7-9,13,17,20H,6,10-12H2,1-5H3. The van der Waals surface area contributed by atoms with Gasteiger partial charge in [0.05, 0.1) is 0 Å². The van der Waals surface area contributed by atoms with Crippen LogP contribution in [0.3, 0.4) is 0 Å². The molecule has 0 saturated carbocycles. The highest BCUT2D eigenvalue weighted by Crippen LogP contribution is 2.25. The van der Waals surface area contributed by atoms with Gasteiger partial charge >= 0.3 is 0 Å². The number of hydrogen-bond acceptors (Lipinski definition) is 2. The van der Waals surface area contributed by atoms with E-state index in [1.54, 1.807) is 12.1 Å². The van der Waals surface area contributed by atoms with Crippen molar-refractivity contribution in [2.24, 2.45) is 5.92 Å². The molecule has 1 aromatic carbocycles. The summed E-state index contributed by atoms with van der Waals surface area (Å²) in [4.78, 5) is 2.50. The van der Waals surface area contributed by atoms with Gasteiger partial charge in [-0.2, -0.15) is 0 Å². The Labute approximate surface area is 128 Å². The van der Waals surface area contributed by atoms with E-state index in [-0.39, 0.29) is 11.4 Å². The summed E-state index contributed by atoms with van der Waals surface area (Å²) in [6, 6.07) is 5.64. The molecule has 1 aliphatic rings. The number of piperazine rings is 1. The van der Waals surface area contributed by atoms with E-state index in [9.17, 15) is 4.39 Å². The van der Waals surface area contributed by atoms with E-state index in [4.69, 9.17) is 0 Å². The number of aryl methyl sites for hydroxylation is 1. The van der Waals surface area contributed by atoms with Gasteiger partial charge in [-0.1, -0.05) is 26.3 Å². The van der Waals surface area contributed by atoms with E-state index >= 15 is 0 Å². The Morgan fingerprint density at radius 3 is 2.81 bits per heavy atom. The second-order valence-electron chi connectivity index (χ2n) is 7.14. The lowest BCUT2D eigenvalue weighted by Crippen LogP contribution is -2.62. The van der Waals surface area contributed by atoms with Crippen LogP contribution >= 0.6 is 0 Å². The lowest BCUT2D eigenvalue weighted by atomic mass is 9.90. The average molecular weight is 292 g/mol. The van der Waals surface area contributed by atoms with Gasteiger partial charge in [0.2, 0.25) is 0 Å². The molecule has 1 aliphatic heterocycles. The molecule has 2 rings (SSSR count). The topological polar surface area (TPSA) is 15.3 Å². The van der Waals surface area contributed by atoms with Gasteiger partial charge in [0.1, 0.15) is 5.82 Å². The summed E-state index contributed by atoms with van der Waals surface area (Å²) in [7, 11) is 0. The summed E-state index contributed by atoms with van der Waals surface area (Å²) in [5.41, 5.74) is 2.38. The molecule has 21 heavy (non-hydrogen) atoms. The Bertz CT molecular complexity index is 484. The molecule has 2 nitrogen and oxygen atoms in total. The van der Waals surface area contributed by atoms with E-state index < -0.39 is 0 Å². The zero-order valence-electron chi connectivity index (χ0n) is 14.0. The van der Waals surface area contributed by atoms with E-state index in [2.05, 4.69) is 44.8 Å². The normalized spacial score (nSPS) is 24.0. The summed E-state index contributed by atoms with van der Waals surface area (Å²) < 4.78 is 13.5. The smallest absolute Gasteiger partial charge is 0.123 e. The van der Waals surface area contributed by atoms with Gasteiger partial charge in [0.25, 0.3) is 0 Å². The fraction of sp³-hybridized carbons (Fsp3) is 0.667. The maximum Gasteiger partial charge on any atom is 0.123 e. The van der Waals surface area contributed by atoms with Crippen LogP contribution in [-0.2, 0) is 6.54 Å². The second-order valence-corrected chi connectivity index (χ2v) is 7.14. The summed E-state index contributed by atoms with van der Waals surface area (Å²) in [6.07, 6.45) is 1.19. The van der Waals surface area contributed by atoms with Gasteiger partial charge in [-0.3, -0.25) is 4.90 Å². The van der Waals surface area contributed by atoms with Crippen LogP contribution in [0.4, 0.5) is 4.39 Å². The lowest BCUT2D eigenvalue weighted by molar-refractivity contribution is 0.0446. The highest BCUT2D eigenvalue weighted by Gasteiger charge is 2.35. The van der Waals surface area contributed by atoms with Crippen molar-refractivity contribution < 1.29 is 4.39 Å². The summed E-state index contributed by atoms with van der Waals surface area (Å²) in [5.74, 6) is 0.527. The first-order valence-electron chi connectivity index (χ1n) is 8.07. The fourth-order valence-electron chi connectivity index (χ4n) is 3.00. The maximum absolute atomic E-state index is 13.5. The molecule has 118 valence electrons. The SMILES string of the molecule is CCC(C)C1CN(Cc2cc(F)ccc2C)C(C)(C)CN1. The third-order valence-electron chi connectivity index (χ3n) is 5.07. The van der Waals surface area contributed by atoms with Crippen molar-refractivity contribution in [3.63, 3.8) is 0 Å². The molecule has 0 amide bonds. The second kappa shape index (κ2) is 6.45. The van der Waals surface area contributed by atoms with Crippen LogP contribution < -0.4 is 5.32 Å². The maximum atomic E-state index is 13.5. The van der Waals surface area contributed by atoms with Crippen molar-refractivity contribution in [1.82, 2.24) is 10.2 Å². The summed E-state index contributed by atoms with van der Waals surface area (Å²) in [5, 5.41) is 3.69. The third kappa shape index (κ3) is 3.83. The number of nitrogens with zero attached hydrogens (tertiary/aromatic N) is 1. The van der Waals surface area contributed by atoms with Crippen LogP contribution in [0.25, 0.3) is 0 Å². The van der Waals surface area contributed by atoms with Crippen molar-refractivity contribution in [2.45, 2.75) is 59.2 Å². The van der Waals surface area contributed by atoms with Crippen LogP contribution in [0, 0.1) is 18.7 Å². The van der Waals surface area contributed by atoms with E-state index in [1.165, 1.54) is 12.0 Å². The molecule has 1 heterocycles. The first kappa shape index (κ1) is 16.4. The third-order valence-corrected chi connectivity index (χ3v) is 5.07. The Kier molecular flexibility index (Phi) is 5.05. The number of hydrogen-bond donors (Lipinski definition) is 1. The van der Waals surface area contributed by atoms with Crippen LogP contribution in [-0.4, -0.2) is 29.6 Å². The van der Waals surface area contributed by atoms with Gasteiger partial charge in [-0.15, -0.1) is 0 Å². The molecule has 0 radical (unpaired) electrons. The quantitative estimate of drug-likeness (QED) is 0.909. The molecule has 1 N–H and O–H groups in total. The molecule has 0 aliphatic carbocycles. The molecule has 3 heteroatoms. The van der Waals surface area contributed by atoms with E-state index in [0.717, 1.165) is 25.2 Å². The van der Waals surface area contributed by atoms with Crippen LogP contribution in [0.2, 0.25) is 0 Å². The molecule has 1 fully saturated rings. The fourth-order valence-corrected chi connectivity index (χ4v) is 3.00. The van der Waals surface area contributed by atoms with Crippen LogP contribution in [0.15, 0.2) is 18.2 Å². The first-order chi connectivity index (χ1) is 9.83. The summed E-state index contributed by atoms with van der Waals surface area (Å²) in [6.45, 7) is 14.0. The van der Waals surface area contributed by atoms with Gasteiger partial charge in [0.15, 0.2) is 0 Å². The largest absolute Gasteiger partial charge is 0.311 e. The highest BCUT2D eigenvalue weighted by atomic mass is 19.1. The van der Waals surface area contributed by atoms with Gasteiger partial charge < -0.3 is 5.32 Å². The number of benzene rings is 1. The van der Waals surface area contributed by atoms with Crippen molar-refractivity contribution >= 4 is 0 Å². The molecular formula is C18H29FN2. The molecular weight excluding hydrogens is 263 g/mol. The van der Waals surface area contributed by atoms with Crippen molar-refractivity contribution in [3.05, 3.63) is 35.1 Å². The minimum Gasteiger partial charge on any atom is -0.311 e. The highest BCUT2D eigenvalue weighted by molar-refractivity contribution is 5.26. The van der Waals surface area contributed by atoms with Gasteiger partial charge in [-0.25, -0.2) is 4.39 Å². The Hall–Kier alpha value is -0.930. The number of halogens is 1. The molecule has 0 spiro atoms. The predicted molar refractivity (Wildman–Crippen MR) is 86.9 cm³/mol.